The summed E-state index contributed by atoms with van der Waals surface area (Å²) in [5, 5.41) is 9.71. The molecule has 0 bridgehead atoms. The smallest absolute Gasteiger partial charge is 0.199 e. The molecule has 0 heterocycles. The van der Waals surface area contributed by atoms with Crippen molar-refractivity contribution in [2.45, 2.75) is 57.8 Å². The summed E-state index contributed by atoms with van der Waals surface area (Å²) in [7, 11) is 0. The number of rotatable bonds is 2. The van der Waals surface area contributed by atoms with Crippen LogP contribution in [0.4, 0.5) is 0 Å². The summed E-state index contributed by atoms with van der Waals surface area (Å²) in [4.78, 5) is 10.1. The Bertz CT molecular complexity index is 142. The third kappa shape index (κ3) is 3.09. The first kappa shape index (κ1) is 9.96. The van der Waals surface area contributed by atoms with E-state index in [1.165, 1.54) is 0 Å². The SMILES string of the molecule is CC(C)(C)OOC1(O)CCCC1. The standard InChI is InChI=1S/C9H18O3/c1-8(2,3)11-12-9(10)6-4-5-7-9/h10H,4-7H2,1-3H3. The second-order valence-corrected chi connectivity index (χ2v) is 4.43. The number of hydrogen-bond acceptors (Lipinski definition) is 3. The Morgan fingerprint density at radius 3 is 2.08 bits per heavy atom. The monoisotopic (exact) mass is 174 g/mol. The summed E-state index contributed by atoms with van der Waals surface area (Å²) < 4.78 is 0. The summed E-state index contributed by atoms with van der Waals surface area (Å²) >= 11 is 0. The molecule has 0 saturated heterocycles. The maximum absolute atomic E-state index is 9.71. The van der Waals surface area contributed by atoms with Gasteiger partial charge in [-0.1, -0.05) is 0 Å². The molecular formula is C9H18O3. The van der Waals surface area contributed by atoms with E-state index < -0.39 is 5.79 Å². The molecule has 0 aromatic carbocycles. The first-order valence-corrected chi connectivity index (χ1v) is 4.51. The quantitative estimate of drug-likeness (QED) is 0.395. The van der Waals surface area contributed by atoms with Gasteiger partial charge in [-0.05, 0) is 33.6 Å². The first-order chi connectivity index (χ1) is 5.41. The van der Waals surface area contributed by atoms with E-state index in [0.29, 0.717) is 12.8 Å². The Balaban J connectivity index is 2.30. The van der Waals surface area contributed by atoms with Crippen molar-refractivity contribution in [3.05, 3.63) is 0 Å². The predicted molar refractivity (Wildman–Crippen MR) is 45.3 cm³/mol. The Morgan fingerprint density at radius 1 is 1.17 bits per heavy atom. The molecule has 1 aliphatic carbocycles. The van der Waals surface area contributed by atoms with Crippen molar-refractivity contribution in [3.8, 4) is 0 Å². The second-order valence-electron chi connectivity index (χ2n) is 4.43. The molecule has 3 nitrogen and oxygen atoms in total. The van der Waals surface area contributed by atoms with Crippen LogP contribution in [0, 0.1) is 0 Å². The van der Waals surface area contributed by atoms with E-state index in [0.717, 1.165) is 12.8 Å². The Morgan fingerprint density at radius 2 is 1.67 bits per heavy atom. The molecular weight excluding hydrogens is 156 g/mol. The van der Waals surface area contributed by atoms with Crippen LogP contribution >= 0.6 is 0 Å². The zero-order valence-corrected chi connectivity index (χ0v) is 8.09. The zero-order chi connectivity index (χ0) is 9.24. The molecule has 0 aliphatic heterocycles. The van der Waals surface area contributed by atoms with Crippen molar-refractivity contribution in [1.82, 2.24) is 0 Å². The molecule has 0 spiro atoms. The van der Waals surface area contributed by atoms with Crippen molar-refractivity contribution in [2.24, 2.45) is 0 Å². The molecule has 72 valence electrons. The van der Waals surface area contributed by atoms with Crippen molar-refractivity contribution >= 4 is 0 Å². The Labute approximate surface area is 73.6 Å². The van der Waals surface area contributed by atoms with Gasteiger partial charge in [-0.15, -0.1) is 0 Å². The predicted octanol–water partition coefficient (Wildman–Crippen LogP) is 2.00. The third-order valence-corrected chi connectivity index (χ3v) is 1.83. The minimum Gasteiger partial charge on any atom is -0.363 e. The highest BCUT2D eigenvalue weighted by molar-refractivity contribution is 4.73. The van der Waals surface area contributed by atoms with Gasteiger partial charge in [-0.25, -0.2) is 9.78 Å². The number of hydrogen-bond donors (Lipinski definition) is 1. The van der Waals surface area contributed by atoms with E-state index in [-0.39, 0.29) is 5.60 Å². The molecule has 1 rings (SSSR count). The summed E-state index contributed by atoms with van der Waals surface area (Å²) in [6.07, 6.45) is 3.40. The maximum Gasteiger partial charge on any atom is 0.199 e. The van der Waals surface area contributed by atoms with Crippen LogP contribution in [-0.4, -0.2) is 16.5 Å². The van der Waals surface area contributed by atoms with Gasteiger partial charge in [0.15, 0.2) is 5.79 Å². The summed E-state index contributed by atoms with van der Waals surface area (Å²) in [5.74, 6) is -1.02. The third-order valence-electron chi connectivity index (χ3n) is 1.83. The molecule has 0 unspecified atom stereocenters. The molecule has 0 atom stereocenters. The summed E-state index contributed by atoms with van der Waals surface area (Å²) in [6, 6.07) is 0. The van der Waals surface area contributed by atoms with Crippen LogP contribution in [0.3, 0.4) is 0 Å². The van der Waals surface area contributed by atoms with E-state index in [2.05, 4.69) is 0 Å². The van der Waals surface area contributed by atoms with Gasteiger partial charge in [-0.3, -0.25) is 0 Å². The average Bonchev–Trinajstić information content (AvgIpc) is 2.32. The molecule has 1 fully saturated rings. The van der Waals surface area contributed by atoms with Crippen molar-refractivity contribution in [2.75, 3.05) is 0 Å². The van der Waals surface area contributed by atoms with Crippen LogP contribution in [0.1, 0.15) is 46.5 Å². The average molecular weight is 174 g/mol. The topological polar surface area (TPSA) is 38.7 Å². The molecule has 1 N–H and O–H groups in total. The highest BCUT2D eigenvalue weighted by Gasteiger charge is 2.34. The fourth-order valence-electron chi connectivity index (χ4n) is 1.21. The molecule has 1 aliphatic rings. The zero-order valence-electron chi connectivity index (χ0n) is 8.09. The van der Waals surface area contributed by atoms with Crippen LogP contribution in [0.5, 0.6) is 0 Å². The lowest BCUT2D eigenvalue weighted by Gasteiger charge is -2.26. The molecule has 12 heavy (non-hydrogen) atoms. The minimum absolute atomic E-state index is 0.349. The van der Waals surface area contributed by atoms with Crippen LogP contribution in [0.2, 0.25) is 0 Å². The highest BCUT2D eigenvalue weighted by Crippen LogP contribution is 2.31. The number of aliphatic hydroxyl groups is 1. The van der Waals surface area contributed by atoms with E-state index >= 15 is 0 Å². The normalized spacial score (nSPS) is 23.0. The molecule has 0 radical (unpaired) electrons. The van der Waals surface area contributed by atoms with Gasteiger partial charge in [0.2, 0.25) is 0 Å². The lowest BCUT2D eigenvalue weighted by molar-refractivity contribution is -0.449. The van der Waals surface area contributed by atoms with E-state index in [1.54, 1.807) is 0 Å². The van der Waals surface area contributed by atoms with Gasteiger partial charge in [-0.2, -0.15) is 0 Å². The molecule has 0 amide bonds. The van der Waals surface area contributed by atoms with E-state index in [4.69, 9.17) is 9.78 Å². The molecule has 0 aromatic rings. The second kappa shape index (κ2) is 3.32. The van der Waals surface area contributed by atoms with Gasteiger partial charge >= 0.3 is 0 Å². The fraction of sp³-hybridized carbons (Fsp3) is 1.00. The fourth-order valence-corrected chi connectivity index (χ4v) is 1.21. The van der Waals surface area contributed by atoms with Crippen LogP contribution in [0.25, 0.3) is 0 Å². The molecule has 3 heteroatoms. The van der Waals surface area contributed by atoms with Gasteiger partial charge in [0, 0.05) is 12.8 Å². The Kier molecular flexibility index (Phi) is 2.76. The lowest BCUT2D eigenvalue weighted by Crippen LogP contribution is -2.33. The van der Waals surface area contributed by atoms with Crippen LogP contribution in [0.15, 0.2) is 0 Å². The largest absolute Gasteiger partial charge is 0.363 e. The van der Waals surface area contributed by atoms with Gasteiger partial charge in [0.05, 0.1) is 5.60 Å². The van der Waals surface area contributed by atoms with Crippen LogP contribution in [-0.2, 0) is 9.78 Å². The Hall–Kier alpha value is -0.120. The van der Waals surface area contributed by atoms with Gasteiger partial charge < -0.3 is 5.11 Å². The van der Waals surface area contributed by atoms with E-state index in [9.17, 15) is 5.11 Å². The van der Waals surface area contributed by atoms with Crippen molar-refractivity contribution < 1.29 is 14.9 Å². The van der Waals surface area contributed by atoms with Crippen LogP contribution < -0.4 is 0 Å². The first-order valence-electron chi connectivity index (χ1n) is 4.51. The molecule has 0 aromatic heterocycles. The van der Waals surface area contributed by atoms with Gasteiger partial charge in [0.25, 0.3) is 0 Å². The van der Waals surface area contributed by atoms with Gasteiger partial charge in [0.1, 0.15) is 0 Å². The maximum atomic E-state index is 9.71. The van der Waals surface area contributed by atoms with Crippen molar-refractivity contribution in [1.29, 1.82) is 0 Å². The highest BCUT2D eigenvalue weighted by atomic mass is 17.2. The minimum atomic E-state index is -1.02. The van der Waals surface area contributed by atoms with Crippen molar-refractivity contribution in [3.63, 3.8) is 0 Å². The lowest BCUT2D eigenvalue weighted by atomic mass is 10.2. The van der Waals surface area contributed by atoms with E-state index in [1.807, 2.05) is 20.8 Å². The molecule has 1 saturated carbocycles. The summed E-state index contributed by atoms with van der Waals surface area (Å²) in [6.45, 7) is 5.68. The summed E-state index contributed by atoms with van der Waals surface area (Å²) in [5.41, 5.74) is -0.349.